The minimum atomic E-state index is 0. The highest BCUT2D eigenvalue weighted by atomic mass is 79.9. The molecule has 1 fully saturated rings. The Morgan fingerprint density at radius 3 is 2.69 bits per heavy atom. The maximum Gasteiger partial charge on any atom is 0.120 e. The number of benzene rings is 1. The largest absolute Gasteiger partial charge is 0.508 e. The van der Waals surface area contributed by atoms with Gasteiger partial charge in [-0.1, -0.05) is 15.9 Å². The van der Waals surface area contributed by atoms with Gasteiger partial charge in [-0.2, -0.15) is 0 Å². The lowest BCUT2D eigenvalue weighted by molar-refractivity contribution is 0.364. The summed E-state index contributed by atoms with van der Waals surface area (Å²) in [7, 11) is 0. The van der Waals surface area contributed by atoms with Crippen LogP contribution in [0.25, 0.3) is 0 Å². The van der Waals surface area contributed by atoms with E-state index in [1.54, 1.807) is 6.07 Å². The van der Waals surface area contributed by atoms with Gasteiger partial charge in [0.25, 0.3) is 0 Å². The highest BCUT2D eigenvalue weighted by Gasteiger charge is 2.21. The van der Waals surface area contributed by atoms with Crippen molar-refractivity contribution in [2.45, 2.75) is 12.5 Å². The molecule has 1 aromatic rings. The van der Waals surface area contributed by atoms with Crippen LogP contribution in [-0.2, 0) is 0 Å². The number of nitrogens with one attached hydrogen (secondary N) is 1. The molecule has 0 unspecified atom stereocenters. The molecule has 0 aromatic heterocycles. The molecule has 13 heavy (non-hydrogen) atoms. The van der Waals surface area contributed by atoms with Crippen molar-refractivity contribution in [3.63, 3.8) is 0 Å². The van der Waals surface area contributed by atoms with Gasteiger partial charge < -0.3 is 10.4 Å². The minimum absolute atomic E-state index is 0. The van der Waals surface area contributed by atoms with E-state index in [0.717, 1.165) is 23.0 Å². The first kappa shape index (κ1) is 10.8. The Labute approximate surface area is 91.9 Å². The average molecular weight is 265 g/mol. The number of phenols is 1. The molecule has 0 amide bonds. The van der Waals surface area contributed by atoms with E-state index in [1.165, 1.54) is 0 Å². The van der Waals surface area contributed by atoms with Gasteiger partial charge in [0.2, 0.25) is 0 Å². The molecule has 1 aliphatic heterocycles. The van der Waals surface area contributed by atoms with Crippen LogP contribution in [-0.4, -0.2) is 11.7 Å². The molecular formula is C9H11BrClNO. The zero-order valence-corrected chi connectivity index (χ0v) is 9.36. The van der Waals surface area contributed by atoms with E-state index in [0.29, 0.717) is 11.8 Å². The second kappa shape index (κ2) is 4.31. The quantitative estimate of drug-likeness (QED) is 0.817. The average Bonchev–Trinajstić information content (AvgIpc) is 1.93. The van der Waals surface area contributed by atoms with E-state index >= 15 is 0 Å². The topological polar surface area (TPSA) is 32.3 Å². The van der Waals surface area contributed by atoms with Crippen LogP contribution < -0.4 is 5.32 Å². The van der Waals surface area contributed by atoms with Crippen LogP contribution in [0, 0.1) is 0 Å². The van der Waals surface area contributed by atoms with Gasteiger partial charge in [-0.15, -0.1) is 12.4 Å². The predicted octanol–water partition coefficient (Wildman–Crippen LogP) is 2.61. The van der Waals surface area contributed by atoms with Crippen LogP contribution in [0.2, 0.25) is 0 Å². The first-order valence-electron chi connectivity index (χ1n) is 3.99. The van der Waals surface area contributed by atoms with Gasteiger partial charge in [0.15, 0.2) is 0 Å². The molecule has 2 rings (SSSR count). The molecule has 1 aromatic carbocycles. The van der Waals surface area contributed by atoms with Crippen molar-refractivity contribution in [1.82, 2.24) is 5.32 Å². The molecule has 1 aliphatic rings. The number of halogens is 2. The van der Waals surface area contributed by atoms with Crippen molar-refractivity contribution in [2.75, 3.05) is 6.54 Å². The van der Waals surface area contributed by atoms with Gasteiger partial charge >= 0.3 is 0 Å². The summed E-state index contributed by atoms with van der Waals surface area (Å²) in [5.41, 5.74) is 0.996. The Morgan fingerprint density at radius 1 is 1.46 bits per heavy atom. The molecular weight excluding hydrogens is 253 g/mol. The van der Waals surface area contributed by atoms with Crippen molar-refractivity contribution in [1.29, 1.82) is 0 Å². The number of hydrogen-bond donors (Lipinski definition) is 2. The Kier molecular flexibility index (Phi) is 3.59. The number of rotatable bonds is 1. The summed E-state index contributed by atoms with van der Waals surface area (Å²) in [6, 6.07) is 5.88. The van der Waals surface area contributed by atoms with Gasteiger partial charge in [0.1, 0.15) is 5.75 Å². The van der Waals surface area contributed by atoms with Crippen molar-refractivity contribution in [2.24, 2.45) is 0 Å². The highest BCUT2D eigenvalue weighted by molar-refractivity contribution is 9.10. The third kappa shape index (κ3) is 2.16. The molecule has 2 nitrogen and oxygen atoms in total. The van der Waals surface area contributed by atoms with Crippen LogP contribution in [0.5, 0.6) is 5.75 Å². The van der Waals surface area contributed by atoms with Crippen LogP contribution in [0.15, 0.2) is 22.7 Å². The molecule has 4 heteroatoms. The molecule has 72 valence electrons. The lowest BCUT2D eigenvalue weighted by atomic mass is 9.97. The highest BCUT2D eigenvalue weighted by Crippen LogP contribution is 2.32. The molecule has 0 radical (unpaired) electrons. The molecule has 1 atom stereocenters. The van der Waals surface area contributed by atoms with Crippen molar-refractivity contribution in [3.8, 4) is 5.75 Å². The van der Waals surface area contributed by atoms with Crippen LogP contribution in [0.1, 0.15) is 18.0 Å². The zero-order chi connectivity index (χ0) is 8.55. The Hall–Kier alpha value is -0.250. The van der Waals surface area contributed by atoms with Crippen molar-refractivity contribution < 1.29 is 5.11 Å². The SMILES string of the molecule is Cl.Oc1ccc(Br)cc1[C@@H]1CCN1. The monoisotopic (exact) mass is 263 g/mol. The van der Waals surface area contributed by atoms with Crippen molar-refractivity contribution in [3.05, 3.63) is 28.2 Å². The van der Waals surface area contributed by atoms with E-state index < -0.39 is 0 Å². The Balaban J connectivity index is 0.000000845. The summed E-state index contributed by atoms with van der Waals surface area (Å²) >= 11 is 3.38. The first-order valence-corrected chi connectivity index (χ1v) is 4.78. The van der Waals surface area contributed by atoms with Crippen LogP contribution >= 0.6 is 28.3 Å². The zero-order valence-electron chi connectivity index (χ0n) is 6.96. The third-order valence-electron chi connectivity index (χ3n) is 2.19. The Bertz CT molecular complexity index is 302. The number of hydrogen-bond acceptors (Lipinski definition) is 2. The van der Waals surface area contributed by atoms with Gasteiger partial charge in [-0.3, -0.25) is 0 Å². The lowest BCUT2D eigenvalue weighted by Crippen LogP contribution is -2.34. The standard InChI is InChI=1S/C9H10BrNO.ClH/c10-6-1-2-9(12)7(5-6)8-3-4-11-8;/h1-2,5,8,11-12H,3-4H2;1H/t8-;/m0./s1. The molecule has 2 N–H and O–H groups in total. The summed E-state index contributed by atoms with van der Waals surface area (Å²) in [5, 5.41) is 12.8. The maximum atomic E-state index is 9.51. The summed E-state index contributed by atoms with van der Waals surface area (Å²) < 4.78 is 1.02. The summed E-state index contributed by atoms with van der Waals surface area (Å²) in [5.74, 6) is 0.385. The molecule has 0 bridgehead atoms. The fourth-order valence-corrected chi connectivity index (χ4v) is 1.74. The third-order valence-corrected chi connectivity index (χ3v) is 2.68. The van der Waals surface area contributed by atoms with Crippen LogP contribution in [0.3, 0.4) is 0 Å². The second-order valence-corrected chi connectivity index (χ2v) is 3.91. The molecule has 0 saturated carbocycles. The van der Waals surface area contributed by atoms with Gasteiger partial charge in [0.05, 0.1) is 0 Å². The fourth-order valence-electron chi connectivity index (χ4n) is 1.36. The lowest BCUT2D eigenvalue weighted by Gasteiger charge is -2.28. The number of phenolic OH excluding ortho intramolecular Hbond substituents is 1. The normalized spacial score (nSPS) is 20.2. The minimum Gasteiger partial charge on any atom is -0.508 e. The van der Waals surface area contributed by atoms with Gasteiger partial charge in [-0.25, -0.2) is 0 Å². The predicted molar refractivity (Wildman–Crippen MR) is 58.4 cm³/mol. The van der Waals surface area contributed by atoms with Crippen LogP contribution in [0.4, 0.5) is 0 Å². The molecule has 1 heterocycles. The second-order valence-electron chi connectivity index (χ2n) is 3.00. The fraction of sp³-hybridized carbons (Fsp3) is 0.333. The van der Waals surface area contributed by atoms with E-state index in [-0.39, 0.29) is 12.4 Å². The molecule has 1 saturated heterocycles. The summed E-state index contributed by atoms with van der Waals surface area (Å²) in [4.78, 5) is 0. The summed E-state index contributed by atoms with van der Waals surface area (Å²) in [6.45, 7) is 1.05. The van der Waals surface area contributed by atoms with Crippen molar-refractivity contribution >= 4 is 28.3 Å². The number of aromatic hydroxyl groups is 1. The van der Waals surface area contributed by atoms with E-state index in [4.69, 9.17) is 0 Å². The van der Waals surface area contributed by atoms with Gasteiger partial charge in [-0.05, 0) is 31.2 Å². The van der Waals surface area contributed by atoms with E-state index in [1.807, 2.05) is 12.1 Å². The molecule has 0 spiro atoms. The maximum absolute atomic E-state index is 9.51. The molecule has 0 aliphatic carbocycles. The van der Waals surface area contributed by atoms with E-state index in [2.05, 4.69) is 21.2 Å². The first-order chi connectivity index (χ1) is 5.77. The van der Waals surface area contributed by atoms with Gasteiger partial charge in [0, 0.05) is 16.1 Å². The van der Waals surface area contributed by atoms with E-state index in [9.17, 15) is 5.11 Å². The smallest absolute Gasteiger partial charge is 0.120 e. The Morgan fingerprint density at radius 2 is 2.15 bits per heavy atom. The summed E-state index contributed by atoms with van der Waals surface area (Å²) in [6.07, 6.45) is 1.12.